The van der Waals surface area contributed by atoms with Crippen molar-refractivity contribution in [1.29, 1.82) is 0 Å². The Hall–Kier alpha value is -2.20. The summed E-state index contributed by atoms with van der Waals surface area (Å²) in [4.78, 5) is 4.70. The van der Waals surface area contributed by atoms with E-state index < -0.39 is 0 Å². The largest absolute Gasteiger partial charge is 0.397 e. The van der Waals surface area contributed by atoms with Crippen LogP contribution in [-0.4, -0.2) is 20.0 Å². The summed E-state index contributed by atoms with van der Waals surface area (Å²) in [5.74, 6) is 0.326. The first-order chi connectivity index (χ1) is 9.67. The van der Waals surface area contributed by atoms with Gasteiger partial charge >= 0.3 is 0 Å². The fourth-order valence-electron chi connectivity index (χ4n) is 2.01. The molecule has 20 heavy (non-hydrogen) atoms. The van der Waals surface area contributed by atoms with Crippen molar-refractivity contribution in [2.24, 2.45) is 10.9 Å². The van der Waals surface area contributed by atoms with Gasteiger partial charge in [0.1, 0.15) is 7.11 Å². The van der Waals surface area contributed by atoms with Crippen molar-refractivity contribution in [3.63, 3.8) is 0 Å². The monoisotopic (exact) mass is 289 g/mol. The van der Waals surface area contributed by atoms with Crippen LogP contribution in [-0.2, 0) is 4.84 Å². The number of nitrogens with two attached hydrogens (primary N) is 1. The summed E-state index contributed by atoms with van der Waals surface area (Å²) < 4.78 is 0. The Kier molecular flexibility index (Phi) is 4.48. The van der Waals surface area contributed by atoms with Gasteiger partial charge in [-0.05, 0) is 23.8 Å². The van der Waals surface area contributed by atoms with E-state index in [0.29, 0.717) is 10.9 Å². The van der Waals surface area contributed by atoms with E-state index in [9.17, 15) is 0 Å². The summed E-state index contributed by atoms with van der Waals surface area (Å²) >= 11 is 6.31. The Morgan fingerprint density at radius 2 is 2.00 bits per heavy atom. The van der Waals surface area contributed by atoms with Crippen LogP contribution in [0.1, 0.15) is 5.56 Å². The zero-order valence-corrected chi connectivity index (χ0v) is 12.1. The number of rotatable bonds is 4. The summed E-state index contributed by atoms with van der Waals surface area (Å²) in [6.07, 6.45) is 0. The second kappa shape index (κ2) is 6.30. The highest BCUT2D eigenvalue weighted by Gasteiger charge is 2.10. The van der Waals surface area contributed by atoms with Crippen LogP contribution in [0.25, 0.3) is 11.1 Å². The van der Waals surface area contributed by atoms with Gasteiger partial charge in [0.05, 0.1) is 5.02 Å². The molecule has 0 heterocycles. The maximum Gasteiger partial charge on any atom is 0.170 e. The highest BCUT2D eigenvalue weighted by Crippen LogP contribution is 2.34. The molecule has 3 N–H and O–H groups in total. The first-order valence-corrected chi connectivity index (χ1v) is 6.49. The van der Waals surface area contributed by atoms with Crippen molar-refractivity contribution in [1.82, 2.24) is 0 Å². The molecule has 0 saturated carbocycles. The molecule has 2 rings (SSSR count). The van der Waals surface area contributed by atoms with E-state index >= 15 is 0 Å². The molecule has 0 bridgehead atoms. The summed E-state index contributed by atoms with van der Waals surface area (Å²) in [5.41, 5.74) is 9.48. The second-order valence-corrected chi connectivity index (χ2v) is 4.56. The van der Waals surface area contributed by atoms with Crippen LogP contribution in [0.5, 0.6) is 0 Å². The maximum absolute atomic E-state index is 6.31. The lowest BCUT2D eigenvalue weighted by atomic mass is 10.0. The van der Waals surface area contributed by atoms with Crippen molar-refractivity contribution in [3.05, 3.63) is 53.1 Å². The van der Waals surface area contributed by atoms with E-state index in [4.69, 9.17) is 22.2 Å². The van der Waals surface area contributed by atoms with Crippen LogP contribution >= 0.6 is 11.6 Å². The molecule has 0 amide bonds. The predicted molar refractivity (Wildman–Crippen MR) is 84.2 cm³/mol. The Bertz CT molecular complexity index is 641. The van der Waals surface area contributed by atoms with Crippen LogP contribution < -0.4 is 11.1 Å². The molecule has 104 valence electrons. The quantitative estimate of drug-likeness (QED) is 0.516. The predicted octanol–water partition coefficient (Wildman–Crippen LogP) is 3.32. The molecule has 2 aromatic carbocycles. The fourth-order valence-corrected chi connectivity index (χ4v) is 2.29. The molecule has 0 spiro atoms. The minimum atomic E-state index is 0.326. The fraction of sp³-hybridized carbons (Fsp3) is 0.133. The van der Waals surface area contributed by atoms with Gasteiger partial charge in [0, 0.05) is 23.9 Å². The van der Waals surface area contributed by atoms with E-state index in [-0.39, 0.29) is 0 Å². The summed E-state index contributed by atoms with van der Waals surface area (Å²) in [5, 5.41) is 7.56. The van der Waals surface area contributed by atoms with Gasteiger partial charge in [-0.15, -0.1) is 0 Å². The lowest BCUT2D eigenvalue weighted by Gasteiger charge is -2.12. The number of amidine groups is 1. The van der Waals surface area contributed by atoms with Gasteiger partial charge in [0.15, 0.2) is 5.84 Å². The van der Waals surface area contributed by atoms with Crippen molar-refractivity contribution in [3.8, 4) is 11.1 Å². The standard InChI is InChI=1S/C15H16ClN3O/c1-18-13-8-4-7-12(16)14(13)10-5-3-6-11(9-10)15(17)19-20-2/h3-9,18H,1-2H3,(H2,17,19). The number of hydrogen-bond acceptors (Lipinski definition) is 3. The molecule has 0 aliphatic rings. The molecule has 0 aliphatic carbocycles. The van der Waals surface area contributed by atoms with Crippen molar-refractivity contribution in [2.45, 2.75) is 0 Å². The van der Waals surface area contributed by atoms with Crippen LogP contribution in [0.3, 0.4) is 0 Å². The van der Waals surface area contributed by atoms with Gasteiger partial charge in [-0.1, -0.05) is 41.0 Å². The molecule has 0 radical (unpaired) electrons. The number of oxime groups is 1. The number of anilines is 1. The van der Waals surface area contributed by atoms with Gasteiger partial charge in [-0.25, -0.2) is 0 Å². The van der Waals surface area contributed by atoms with Gasteiger partial charge in [0.25, 0.3) is 0 Å². The van der Waals surface area contributed by atoms with Crippen molar-refractivity contribution < 1.29 is 4.84 Å². The molecule has 0 aliphatic heterocycles. The summed E-state index contributed by atoms with van der Waals surface area (Å²) in [6, 6.07) is 13.4. The maximum atomic E-state index is 6.31. The third-order valence-electron chi connectivity index (χ3n) is 2.92. The molecule has 0 atom stereocenters. The number of benzene rings is 2. The van der Waals surface area contributed by atoms with Gasteiger partial charge in [-0.2, -0.15) is 0 Å². The van der Waals surface area contributed by atoms with E-state index in [2.05, 4.69) is 10.5 Å². The van der Waals surface area contributed by atoms with Crippen molar-refractivity contribution >= 4 is 23.1 Å². The smallest absolute Gasteiger partial charge is 0.170 e. The minimum absolute atomic E-state index is 0.326. The molecule has 2 aromatic rings. The van der Waals surface area contributed by atoms with E-state index in [1.54, 1.807) is 0 Å². The SMILES string of the molecule is CNc1cccc(Cl)c1-c1cccc(C(N)=NOC)c1. The normalized spacial score (nSPS) is 11.2. The lowest BCUT2D eigenvalue weighted by Crippen LogP contribution is -2.13. The first-order valence-electron chi connectivity index (χ1n) is 6.11. The van der Waals surface area contributed by atoms with Crippen LogP contribution in [0.2, 0.25) is 5.02 Å². The lowest BCUT2D eigenvalue weighted by molar-refractivity contribution is 0.213. The Morgan fingerprint density at radius 3 is 2.70 bits per heavy atom. The first kappa shape index (κ1) is 14.2. The zero-order valence-electron chi connectivity index (χ0n) is 11.4. The summed E-state index contributed by atoms with van der Waals surface area (Å²) in [7, 11) is 3.32. The van der Waals surface area contributed by atoms with E-state index in [1.165, 1.54) is 7.11 Å². The minimum Gasteiger partial charge on any atom is -0.397 e. The number of hydrogen-bond donors (Lipinski definition) is 2. The van der Waals surface area contributed by atoms with Crippen molar-refractivity contribution in [2.75, 3.05) is 19.5 Å². The number of nitrogens with one attached hydrogen (secondary N) is 1. The van der Waals surface area contributed by atoms with Crippen LogP contribution in [0.15, 0.2) is 47.6 Å². The molecule has 0 fully saturated rings. The second-order valence-electron chi connectivity index (χ2n) is 4.15. The molecule has 5 heteroatoms. The number of nitrogens with zero attached hydrogens (tertiary/aromatic N) is 1. The Labute approximate surface area is 123 Å². The highest BCUT2D eigenvalue weighted by atomic mass is 35.5. The molecular weight excluding hydrogens is 274 g/mol. The average molecular weight is 290 g/mol. The molecule has 0 saturated heterocycles. The van der Waals surface area contributed by atoms with Gasteiger partial charge < -0.3 is 15.9 Å². The Morgan fingerprint density at radius 1 is 1.25 bits per heavy atom. The van der Waals surface area contributed by atoms with Crippen LogP contribution in [0.4, 0.5) is 5.69 Å². The van der Waals surface area contributed by atoms with Gasteiger partial charge in [0.2, 0.25) is 0 Å². The van der Waals surface area contributed by atoms with Crippen LogP contribution in [0, 0.1) is 0 Å². The zero-order chi connectivity index (χ0) is 14.5. The number of halogens is 1. The topological polar surface area (TPSA) is 59.6 Å². The molecular formula is C15H16ClN3O. The highest BCUT2D eigenvalue weighted by molar-refractivity contribution is 6.34. The molecule has 4 nitrogen and oxygen atoms in total. The summed E-state index contributed by atoms with van der Waals surface area (Å²) in [6.45, 7) is 0. The van der Waals surface area contributed by atoms with E-state index in [1.807, 2.05) is 49.5 Å². The molecule has 0 unspecified atom stereocenters. The van der Waals surface area contributed by atoms with E-state index in [0.717, 1.165) is 22.4 Å². The van der Waals surface area contributed by atoms with Gasteiger partial charge in [-0.3, -0.25) is 0 Å². The third kappa shape index (κ3) is 2.86. The third-order valence-corrected chi connectivity index (χ3v) is 3.23. The molecule has 0 aromatic heterocycles. The Balaban J connectivity index is 2.54. The average Bonchev–Trinajstić information content (AvgIpc) is 2.47.